The number of nitrogens with one attached hydrogen (secondary N) is 1. The Balaban J connectivity index is 1.58. The number of carbonyl (C=O) groups excluding carboxylic acids is 1. The van der Waals surface area contributed by atoms with Crippen molar-refractivity contribution < 1.29 is 9.90 Å². The van der Waals surface area contributed by atoms with Crippen molar-refractivity contribution in [3.63, 3.8) is 0 Å². The standard InChI is InChI=1S/C15H25NO2/c1-11-2-4-12(5-3-11)13(17)16-14-6-8-15(18,10-14)9-7-14/h11-12,18H,2-10H2,1H3,(H,16,17). The van der Waals surface area contributed by atoms with Crippen LogP contribution < -0.4 is 5.32 Å². The van der Waals surface area contributed by atoms with Crippen LogP contribution >= 0.6 is 0 Å². The summed E-state index contributed by atoms with van der Waals surface area (Å²) in [5, 5.41) is 13.5. The summed E-state index contributed by atoms with van der Waals surface area (Å²) in [7, 11) is 0. The van der Waals surface area contributed by atoms with Crippen LogP contribution in [0, 0.1) is 11.8 Å². The van der Waals surface area contributed by atoms with E-state index in [0.29, 0.717) is 0 Å². The van der Waals surface area contributed by atoms with Gasteiger partial charge in [-0.05, 0) is 63.7 Å². The first-order valence-electron chi connectivity index (χ1n) is 7.55. The van der Waals surface area contributed by atoms with Gasteiger partial charge in [0.05, 0.1) is 5.60 Å². The normalized spacial score (nSPS) is 47.2. The molecule has 0 heterocycles. The fourth-order valence-corrected chi connectivity index (χ4v) is 4.23. The van der Waals surface area contributed by atoms with Crippen LogP contribution in [-0.2, 0) is 4.79 Å². The molecule has 3 heteroatoms. The summed E-state index contributed by atoms with van der Waals surface area (Å²) in [6.45, 7) is 2.28. The molecule has 3 rings (SSSR count). The Bertz CT molecular complexity index is 336. The van der Waals surface area contributed by atoms with Gasteiger partial charge in [-0.3, -0.25) is 4.79 Å². The van der Waals surface area contributed by atoms with Crippen molar-refractivity contribution in [3.8, 4) is 0 Å². The van der Waals surface area contributed by atoms with Crippen molar-refractivity contribution in [3.05, 3.63) is 0 Å². The molecule has 0 aliphatic heterocycles. The molecule has 0 radical (unpaired) electrons. The molecule has 18 heavy (non-hydrogen) atoms. The van der Waals surface area contributed by atoms with E-state index in [4.69, 9.17) is 0 Å². The van der Waals surface area contributed by atoms with Gasteiger partial charge in [-0.1, -0.05) is 6.92 Å². The third-order valence-corrected chi connectivity index (χ3v) is 5.58. The van der Waals surface area contributed by atoms with Crippen molar-refractivity contribution >= 4 is 5.91 Å². The molecule has 3 aliphatic rings. The summed E-state index contributed by atoms with van der Waals surface area (Å²) in [6.07, 6.45) is 8.94. The first kappa shape index (κ1) is 12.5. The van der Waals surface area contributed by atoms with Crippen LogP contribution in [0.4, 0.5) is 0 Å². The van der Waals surface area contributed by atoms with E-state index < -0.39 is 5.60 Å². The van der Waals surface area contributed by atoms with Crippen molar-refractivity contribution in [1.82, 2.24) is 5.32 Å². The summed E-state index contributed by atoms with van der Waals surface area (Å²) in [5.74, 6) is 1.27. The second-order valence-electron chi connectivity index (χ2n) is 7.13. The van der Waals surface area contributed by atoms with Crippen molar-refractivity contribution in [2.75, 3.05) is 0 Å². The first-order chi connectivity index (χ1) is 8.50. The highest BCUT2D eigenvalue weighted by atomic mass is 16.3. The molecule has 0 atom stereocenters. The summed E-state index contributed by atoms with van der Waals surface area (Å²) in [4.78, 5) is 12.4. The second-order valence-corrected chi connectivity index (χ2v) is 7.13. The van der Waals surface area contributed by atoms with E-state index in [0.717, 1.165) is 50.9 Å². The Hall–Kier alpha value is -0.570. The van der Waals surface area contributed by atoms with E-state index in [9.17, 15) is 9.90 Å². The van der Waals surface area contributed by atoms with Gasteiger partial charge in [0.25, 0.3) is 0 Å². The minimum absolute atomic E-state index is 0.0606. The molecule has 2 N–H and O–H groups in total. The molecular formula is C15H25NO2. The zero-order valence-corrected chi connectivity index (χ0v) is 11.4. The number of fused-ring (bicyclic) bond motifs is 2. The molecular weight excluding hydrogens is 226 g/mol. The minimum Gasteiger partial charge on any atom is -0.390 e. The van der Waals surface area contributed by atoms with Crippen molar-refractivity contribution in [2.24, 2.45) is 11.8 Å². The summed E-state index contributed by atoms with van der Waals surface area (Å²) >= 11 is 0. The molecule has 102 valence electrons. The second kappa shape index (κ2) is 4.22. The Kier molecular flexibility index (Phi) is 2.92. The fraction of sp³-hybridized carbons (Fsp3) is 0.933. The highest BCUT2D eigenvalue weighted by Crippen LogP contribution is 2.50. The van der Waals surface area contributed by atoms with Gasteiger partial charge in [-0.25, -0.2) is 0 Å². The Morgan fingerprint density at radius 1 is 1.11 bits per heavy atom. The third-order valence-electron chi connectivity index (χ3n) is 5.58. The molecule has 3 saturated carbocycles. The van der Waals surface area contributed by atoms with E-state index in [1.54, 1.807) is 0 Å². The number of amides is 1. The van der Waals surface area contributed by atoms with E-state index in [2.05, 4.69) is 12.2 Å². The van der Waals surface area contributed by atoms with Crippen LogP contribution in [0.15, 0.2) is 0 Å². The Morgan fingerprint density at radius 3 is 2.22 bits per heavy atom. The van der Waals surface area contributed by atoms with Gasteiger partial charge in [0, 0.05) is 11.5 Å². The maximum atomic E-state index is 12.4. The highest BCUT2D eigenvalue weighted by Gasteiger charge is 2.54. The third kappa shape index (κ3) is 2.18. The Labute approximate surface area is 109 Å². The van der Waals surface area contributed by atoms with Gasteiger partial charge in [0.1, 0.15) is 0 Å². The number of hydrogen-bond acceptors (Lipinski definition) is 2. The summed E-state index contributed by atoms with van der Waals surface area (Å²) in [6, 6.07) is 0. The molecule has 3 aliphatic carbocycles. The maximum absolute atomic E-state index is 12.4. The van der Waals surface area contributed by atoms with Gasteiger partial charge in [-0.15, -0.1) is 0 Å². The molecule has 0 unspecified atom stereocenters. The molecule has 0 aromatic heterocycles. The molecule has 3 nitrogen and oxygen atoms in total. The quantitative estimate of drug-likeness (QED) is 0.791. The van der Waals surface area contributed by atoms with E-state index in [1.165, 1.54) is 12.8 Å². The number of aliphatic hydroxyl groups is 1. The number of hydrogen-bond donors (Lipinski definition) is 2. The number of carbonyl (C=O) groups is 1. The highest BCUT2D eigenvalue weighted by molar-refractivity contribution is 5.79. The minimum atomic E-state index is -0.464. The van der Waals surface area contributed by atoms with Gasteiger partial charge in [0.2, 0.25) is 5.91 Å². The fourth-order valence-electron chi connectivity index (χ4n) is 4.23. The van der Waals surface area contributed by atoms with E-state index in [1.807, 2.05) is 0 Å². The lowest BCUT2D eigenvalue weighted by molar-refractivity contribution is -0.128. The summed E-state index contributed by atoms with van der Waals surface area (Å²) in [5.41, 5.74) is -0.525. The molecule has 2 bridgehead atoms. The zero-order valence-electron chi connectivity index (χ0n) is 11.4. The lowest BCUT2D eigenvalue weighted by Gasteiger charge is -2.32. The topological polar surface area (TPSA) is 49.3 Å². The number of rotatable bonds is 2. The van der Waals surface area contributed by atoms with Crippen molar-refractivity contribution in [2.45, 2.75) is 75.9 Å². The molecule has 0 aromatic rings. The van der Waals surface area contributed by atoms with Gasteiger partial charge in [0.15, 0.2) is 0 Å². The van der Waals surface area contributed by atoms with Crippen LogP contribution in [0.5, 0.6) is 0 Å². The lowest BCUT2D eigenvalue weighted by atomic mass is 9.82. The van der Waals surface area contributed by atoms with Crippen LogP contribution in [0.3, 0.4) is 0 Å². The first-order valence-corrected chi connectivity index (χ1v) is 7.55. The Morgan fingerprint density at radius 2 is 1.72 bits per heavy atom. The van der Waals surface area contributed by atoms with Crippen LogP contribution in [0.25, 0.3) is 0 Å². The zero-order chi connectivity index (χ0) is 12.8. The lowest BCUT2D eigenvalue weighted by Crippen LogP contribution is -2.48. The predicted molar refractivity (Wildman–Crippen MR) is 70.0 cm³/mol. The molecule has 3 fully saturated rings. The monoisotopic (exact) mass is 251 g/mol. The molecule has 0 spiro atoms. The average molecular weight is 251 g/mol. The van der Waals surface area contributed by atoms with Crippen LogP contribution in [0.2, 0.25) is 0 Å². The molecule has 1 amide bonds. The molecule has 0 aromatic carbocycles. The van der Waals surface area contributed by atoms with Gasteiger partial charge in [-0.2, -0.15) is 0 Å². The van der Waals surface area contributed by atoms with Crippen LogP contribution in [-0.4, -0.2) is 22.2 Å². The van der Waals surface area contributed by atoms with E-state index in [-0.39, 0.29) is 17.4 Å². The smallest absolute Gasteiger partial charge is 0.223 e. The summed E-state index contributed by atoms with van der Waals surface area (Å²) < 4.78 is 0. The van der Waals surface area contributed by atoms with Gasteiger partial charge < -0.3 is 10.4 Å². The largest absolute Gasteiger partial charge is 0.390 e. The molecule has 0 saturated heterocycles. The van der Waals surface area contributed by atoms with Crippen molar-refractivity contribution in [1.29, 1.82) is 0 Å². The van der Waals surface area contributed by atoms with Gasteiger partial charge >= 0.3 is 0 Å². The van der Waals surface area contributed by atoms with Crippen LogP contribution in [0.1, 0.15) is 64.7 Å². The predicted octanol–water partition coefficient (Wildman–Crippen LogP) is 2.38. The van der Waals surface area contributed by atoms with E-state index >= 15 is 0 Å². The SMILES string of the molecule is CC1CCC(C(=O)NC23CCC(O)(CC2)C3)CC1. The average Bonchev–Trinajstić information content (AvgIpc) is 2.83. The maximum Gasteiger partial charge on any atom is 0.223 e.